The van der Waals surface area contributed by atoms with Crippen LogP contribution in [-0.2, 0) is 19.1 Å². The second-order valence-corrected chi connectivity index (χ2v) is 9.42. The Balaban J connectivity index is 1.22. The number of carbonyl (C=O) groups is 1. The van der Waals surface area contributed by atoms with Crippen LogP contribution < -0.4 is 10.2 Å². The van der Waals surface area contributed by atoms with Crippen LogP contribution in [0.1, 0.15) is 58.6 Å². The molecule has 5 rings (SSSR count). The lowest BCUT2D eigenvalue weighted by molar-refractivity contribution is -0.137. The van der Waals surface area contributed by atoms with Crippen LogP contribution >= 0.6 is 0 Å². The van der Waals surface area contributed by atoms with Gasteiger partial charge in [0.2, 0.25) is 0 Å². The third kappa shape index (κ3) is 5.33. The summed E-state index contributed by atoms with van der Waals surface area (Å²) < 4.78 is 40.7. The van der Waals surface area contributed by atoms with Crippen LogP contribution in [-0.4, -0.2) is 28.4 Å². The minimum atomic E-state index is -4.47. The second kappa shape index (κ2) is 10.3. The van der Waals surface area contributed by atoms with Gasteiger partial charge in [-0.25, -0.2) is 4.98 Å². The van der Waals surface area contributed by atoms with E-state index in [1.54, 1.807) is 0 Å². The van der Waals surface area contributed by atoms with E-state index in [4.69, 9.17) is 0 Å². The zero-order chi connectivity index (χ0) is 26.0. The number of hydrogen-bond donors (Lipinski definition) is 1. The van der Waals surface area contributed by atoms with Gasteiger partial charge in [-0.05, 0) is 60.6 Å². The number of aromatic nitrogens is 2. The minimum absolute atomic E-state index is 0.109. The third-order valence-corrected chi connectivity index (χ3v) is 7.10. The molecular weight excluding hydrogens is 477 g/mol. The molecule has 8 heteroatoms. The predicted octanol–water partition coefficient (Wildman–Crippen LogP) is 6.23. The number of aryl methyl sites for hydroxylation is 1. The molecule has 0 spiro atoms. The van der Waals surface area contributed by atoms with Gasteiger partial charge in [0.1, 0.15) is 11.3 Å². The summed E-state index contributed by atoms with van der Waals surface area (Å²) in [4.78, 5) is 19.7. The number of halogens is 3. The van der Waals surface area contributed by atoms with Crippen LogP contribution in [0.4, 0.5) is 18.9 Å². The molecule has 5 nitrogen and oxygen atoms in total. The number of benzene rings is 2. The van der Waals surface area contributed by atoms with E-state index in [1.165, 1.54) is 16.2 Å². The molecule has 4 aromatic rings. The Morgan fingerprint density at radius 1 is 1.03 bits per heavy atom. The Morgan fingerprint density at radius 2 is 1.73 bits per heavy atom. The van der Waals surface area contributed by atoms with E-state index >= 15 is 0 Å². The van der Waals surface area contributed by atoms with Crippen molar-refractivity contribution in [3.63, 3.8) is 0 Å². The van der Waals surface area contributed by atoms with E-state index in [9.17, 15) is 18.0 Å². The number of amides is 1. The molecule has 2 aromatic carbocycles. The van der Waals surface area contributed by atoms with Gasteiger partial charge < -0.3 is 10.2 Å². The number of pyridine rings is 1. The maximum Gasteiger partial charge on any atom is 0.416 e. The summed E-state index contributed by atoms with van der Waals surface area (Å²) in [5, 5.41) is 2.90. The summed E-state index contributed by atoms with van der Waals surface area (Å²) >= 11 is 0. The molecule has 3 heterocycles. The zero-order valence-corrected chi connectivity index (χ0v) is 20.6. The number of fused-ring (bicyclic) bond motifs is 1. The van der Waals surface area contributed by atoms with Crippen LogP contribution in [0, 0.1) is 0 Å². The van der Waals surface area contributed by atoms with Crippen molar-refractivity contribution >= 4 is 17.2 Å². The summed E-state index contributed by atoms with van der Waals surface area (Å²) in [7, 11) is 0. The van der Waals surface area contributed by atoms with Crippen molar-refractivity contribution in [3.8, 4) is 0 Å². The van der Waals surface area contributed by atoms with E-state index in [-0.39, 0.29) is 17.2 Å². The van der Waals surface area contributed by atoms with Gasteiger partial charge in [0, 0.05) is 31.5 Å². The number of alkyl halides is 3. The summed E-state index contributed by atoms with van der Waals surface area (Å²) in [5.41, 5.74) is 3.57. The Labute approximate surface area is 213 Å². The number of hydrogen-bond acceptors (Lipinski definition) is 3. The van der Waals surface area contributed by atoms with E-state index in [2.05, 4.69) is 57.7 Å². The van der Waals surface area contributed by atoms with Crippen LogP contribution in [0.3, 0.4) is 0 Å². The van der Waals surface area contributed by atoms with Gasteiger partial charge >= 0.3 is 6.18 Å². The van der Waals surface area contributed by atoms with E-state index < -0.39 is 11.7 Å². The Morgan fingerprint density at radius 3 is 2.38 bits per heavy atom. The fourth-order valence-electron chi connectivity index (χ4n) is 5.04. The molecule has 0 radical (unpaired) electrons. The molecule has 0 aliphatic carbocycles. The Hall–Kier alpha value is -3.81. The molecule has 1 N–H and O–H groups in total. The summed E-state index contributed by atoms with van der Waals surface area (Å²) in [6, 6.07) is 20.8. The molecule has 192 valence electrons. The number of nitrogens with one attached hydrogen (secondary N) is 1. The standard InChI is InChI=1S/C29H29F3N4O/c1-2-25-27(36-17-14-23(29(30,31)32)18-26(36)34-25)28(37)33-19-20-8-10-24(11-9-20)35-15-12-22(13-16-35)21-6-4-3-5-7-21/h3-11,14,17-18,22H,2,12-13,15-16,19H2,1H3,(H,33,37). The first-order chi connectivity index (χ1) is 17.8. The molecule has 1 fully saturated rings. The lowest BCUT2D eigenvalue weighted by Crippen LogP contribution is -2.32. The minimum Gasteiger partial charge on any atom is -0.371 e. The molecule has 1 amide bonds. The molecule has 0 atom stereocenters. The predicted molar refractivity (Wildman–Crippen MR) is 138 cm³/mol. The van der Waals surface area contributed by atoms with Gasteiger partial charge in [-0.3, -0.25) is 9.20 Å². The quantitative estimate of drug-likeness (QED) is 0.337. The molecule has 37 heavy (non-hydrogen) atoms. The van der Waals surface area contributed by atoms with E-state index in [0.717, 1.165) is 49.3 Å². The maximum absolute atomic E-state index is 13.1. The largest absolute Gasteiger partial charge is 0.416 e. The van der Waals surface area contributed by atoms with Crippen molar-refractivity contribution in [2.45, 2.75) is 44.8 Å². The third-order valence-electron chi connectivity index (χ3n) is 7.10. The smallest absolute Gasteiger partial charge is 0.371 e. The van der Waals surface area contributed by atoms with Crippen molar-refractivity contribution in [2.24, 2.45) is 0 Å². The highest BCUT2D eigenvalue weighted by Gasteiger charge is 2.31. The molecule has 1 saturated heterocycles. The topological polar surface area (TPSA) is 49.6 Å². The average molecular weight is 507 g/mol. The number of carbonyl (C=O) groups excluding carboxylic acids is 1. The van der Waals surface area contributed by atoms with Crippen molar-refractivity contribution in [1.29, 1.82) is 0 Å². The molecule has 0 bridgehead atoms. The fraction of sp³-hybridized carbons (Fsp3) is 0.310. The fourth-order valence-corrected chi connectivity index (χ4v) is 5.04. The van der Waals surface area contributed by atoms with Crippen molar-refractivity contribution < 1.29 is 18.0 Å². The summed E-state index contributed by atoms with van der Waals surface area (Å²) in [6.07, 6.45) is -0.542. The summed E-state index contributed by atoms with van der Waals surface area (Å²) in [6.45, 7) is 4.14. The monoisotopic (exact) mass is 506 g/mol. The van der Waals surface area contributed by atoms with E-state index in [1.807, 2.05) is 19.1 Å². The highest BCUT2D eigenvalue weighted by atomic mass is 19.4. The first-order valence-electron chi connectivity index (χ1n) is 12.6. The van der Waals surface area contributed by atoms with Crippen molar-refractivity contribution in [3.05, 3.63) is 101 Å². The van der Waals surface area contributed by atoms with Gasteiger partial charge in [-0.15, -0.1) is 0 Å². The first-order valence-corrected chi connectivity index (χ1v) is 12.6. The highest BCUT2D eigenvalue weighted by Crippen LogP contribution is 2.31. The van der Waals surface area contributed by atoms with Crippen LogP contribution in [0.5, 0.6) is 0 Å². The lowest BCUT2D eigenvalue weighted by Gasteiger charge is -2.34. The van der Waals surface area contributed by atoms with Crippen LogP contribution in [0.2, 0.25) is 0 Å². The molecule has 0 saturated carbocycles. The maximum atomic E-state index is 13.1. The van der Waals surface area contributed by atoms with E-state index in [0.29, 0.717) is 24.6 Å². The lowest BCUT2D eigenvalue weighted by atomic mass is 9.89. The van der Waals surface area contributed by atoms with Crippen LogP contribution in [0.15, 0.2) is 72.9 Å². The van der Waals surface area contributed by atoms with Gasteiger partial charge in [0.05, 0.1) is 11.3 Å². The number of nitrogens with zero attached hydrogens (tertiary/aromatic N) is 3. The molecule has 1 aliphatic heterocycles. The molecule has 2 aromatic heterocycles. The Kier molecular flexibility index (Phi) is 6.91. The molecular formula is C29H29F3N4O. The highest BCUT2D eigenvalue weighted by molar-refractivity contribution is 5.94. The zero-order valence-electron chi connectivity index (χ0n) is 20.6. The first kappa shape index (κ1) is 24.9. The normalized spacial score (nSPS) is 14.8. The molecule has 1 aliphatic rings. The average Bonchev–Trinajstić information content (AvgIpc) is 3.30. The SMILES string of the molecule is CCc1nc2cc(C(F)(F)F)ccn2c1C(=O)NCc1ccc(N2CCC(c3ccccc3)CC2)cc1. The Bertz CT molecular complexity index is 1370. The van der Waals surface area contributed by atoms with Gasteiger partial charge in [0.15, 0.2) is 0 Å². The number of anilines is 1. The van der Waals surface area contributed by atoms with Gasteiger partial charge in [-0.1, -0.05) is 49.4 Å². The second-order valence-electron chi connectivity index (χ2n) is 9.42. The van der Waals surface area contributed by atoms with Crippen molar-refractivity contribution in [2.75, 3.05) is 18.0 Å². The molecule has 0 unspecified atom stereocenters. The van der Waals surface area contributed by atoms with Crippen LogP contribution in [0.25, 0.3) is 5.65 Å². The number of imidazole rings is 1. The van der Waals surface area contributed by atoms with Crippen molar-refractivity contribution in [1.82, 2.24) is 14.7 Å². The number of piperidine rings is 1. The van der Waals surface area contributed by atoms with Gasteiger partial charge in [0.25, 0.3) is 5.91 Å². The number of rotatable bonds is 6. The van der Waals surface area contributed by atoms with Gasteiger partial charge in [-0.2, -0.15) is 13.2 Å². The summed E-state index contributed by atoms with van der Waals surface area (Å²) in [5.74, 6) is 0.232.